The van der Waals surface area contributed by atoms with Crippen LogP contribution in [0.5, 0.6) is 11.5 Å². The van der Waals surface area contributed by atoms with Crippen molar-refractivity contribution in [3.63, 3.8) is 0 Å². The summed E-state index contributed by atoms with van der Waals surface area (Å²) < 4.78 is 20.5. The quantitative estimate of drug-likeness (QED) is 0.129. The fourth-order valence-electron chi connectivity index (χ4n) is 4.70. The van der Waals surface area contributed by atoms with Crippen molar-refractivity contribution in [3.8, 4) is 11.5 Å². The molecular weight excluding hydrogens is 529 g/mol. The molecule has 0 radical (unpaired) electrons. The van der Waals surface area contributed by atoms with Crippen LogP contribution in [0.2, 0.25) is 0 Å². The highest BCUT2D eigenvalue weighted by Crippen LogP contribution is 2.29. The van der Waals surface area contributed by atoms with Gasteiger partial charge in [-0.3, -0.25) is 0 Å². The zero-order valence-electron chi connectivity index (χ0n) is 22.7. The van der Waals surface area contributed by atoms with Crippen LogP contribution >= 0.6 is 12.6 Å². The summed E-state index contributed by atoms with van der Waals surface area (Å²) in [6.45, 7) is 3.13. The molecular formula is C35H34O3SSi. The van der Waals surface area contributed by atoms with Crippen molar-refractivity contribution < 1.29 is 13.6 Å². The molecule has 0 bridgehead atoms. The third-order valence-electron chi connectivity index (χ3n) is 6.82. The van der Waals surface area contributed by atoms with E-state index >= 15 is 0 Å². The Balaban J connectivity index is 1.55. The molecule has 1 atom stereocenters. The van der Waals surface area contributed by atoms with E-state index in [9.17, 15) is 0 Å². The van der Waals surface area contributed by atoms with Crippen LogP contribution in [0.3, 0.4) is 0 Å². The molecule has 0 aliphatic carbocycles. The Labute approximate surface area is 244 Å². The van der Waals surface area contributed by atoms with Crippen molar-refractivity contribution in [2.24, 2.45) is 0 Å². The average Bonchev–Trinajstić information content (AvgIpc) is 3.00. The standard InChI is InChI=1S/C35H34O3SSi/c1-28-20-22-30(23-21-28)25-27-37-40(32-16-9-4-10-17-32,36-26-24-29-12-5-2-6-13-29)34-19-11-18-33(39)35(34)38-31-14-7-3-8-15-31/h2-23,39H,24-27H2,1H3. The van der Waals surface area contributed by atoms with Crippen molar-refractivity contribution in [1.82, 2.24) is 0 Å². The van der Waals surface area contributed by atoms with Crippen molar-refractivity contribution in [3.05, 3.63) is 150 Å². The molecule has 5 aromatic rings. The first kappa shape index (κ1) is 27.9. The number of thiol groups is 1. The maximum absolute atomic E-state index is 7.01. The molecule has 202 valence electrons. The van der Waals surface area contributed by atoms with E-state index in [1.807, 2.05) is 66.7 Å². The summed E-state index contributed by atoms with van der Waals surface area (Å²) in [5.74, 6) is 1.41. The second-order valence-electron chi connectivity index (χ2n) is 9.72. The second-order valence-corrected chi connectivity index (χ2v) is 13.1. The summed E-state index contributed by atoms with van der Waals surface area (Å²) in [6.07, 6.45) is 1.55. The smallest absolute Gasteiger partial charge is 0.410 e. The largest absolute Gasteiger partial charge is 0.456 e. The number of ether oxygens (including phenoxy) is 1. The van der Waals surface area contributed by atoms with Crippen LogP contribution in [-0.2, 0) is 21.7 Å². The van der Waals surface area contributed by atoms with Gasteiger partial charge < -0.3 is 13.6 Å². The van der Waals surface area contributed by atoms with Crippen molar-refractivity contribution in [2.75, 3.05) is 13.2 Å². The summed E-state index contributed by atoms with van der Waals surface area (Å²) in [4.78, 5) is 0.739. The Morgan fingerprint density at radius 3 is 1.75 bits per heavy atom. The first-order valence-corrected chi connectivity index (χ1v) is 15.9. The van der Waals surface area contributed by atoms with Gasteiger partial charge in [0, 0.05) is 23.3 Å². The molecule has 40 heavy (non-hydrogen) atoms. The van der Waals surface area contributed by atoms with Gasteiger partial charge in [-0.2, -0.15) is 0 Å². The fourth-order valence-corrected chi connectivity index (χ4v) is 8.31. The van der Waals surface area contributed by atoms with Gasteiger partial charge in [-0.25, -0.2) is 0 Å². The highest BCUT2D eigenvalue weighted by atomic mass is 32.1. The zero-order chi connectivity index (χ0) is 27.6. The Hall–Kier alpha value is -3.61. The van der Waals surface area contributed by atoms with Gasteiger partial charge in [0.1, 0.15) is 11.5 Å². The van der Waals surface area contributed by atoms with Gasteiger partial charge in [0.25, 0.3) is 0 Å². The molecule has 1 unspecified atom stereocenters. The lowest BCUT2D eigenvalue weighted by molar-refractivity contribution is 0.194. The Morgan fingerprint density at radius 1 is 0.575 bits per heavy atom. The number of benzene rings is 5. The maximum Gasteiger partial charge on any atom is 0.410 e. The molecule has 0 fully saturated rings. The predicted molar refractivity (Wildman–Crippen MR) is 169 cm³/mol. The average molecular weight is 563 g/mol. The first-order valence-electron chi connectivity index (χ1n) is 13.6. The molecule has 0 spiro atoms. The number of para-hydroxylation sites is 2. The van der Waals surface area contributed by atoms with E-state index < -0.39 is 8.56 Å². The van der Waals surface area contributed by atoms with Gasteiger partial charge in [0.15, 0.2) is 0 Å². The minimum atomic E-state index is -3.27. The van der Waals surface area contributed by atoms with Crippen LogP contribution in [0.25, 0.3) is 0 Å². The van der Waals surface area contributed by atoms with Crippen molar-refractivity contribution >= 4 is 31.6 Å². The molecule has 0 N–H and O–H groups in total. The lowest BCUT2D eigenvalue weighted by Crippen LogP contribution is -2.64. The molecule has 0 aromatic heterocycles. The highest BCUT2D eigenvalue weighted by Gasteiger charge is 2.45. The molecule has 5 aromatic carbocycles. The molecule has 0 heterocycles. The maximum atomic E-state index is 7.01. The first-order chi connectivity index (χ1) is 19.6. The SMILES string of the molecule is Cc1ccc(CCO[Si](OCCc2ccccc2)(c2ccccc2)c2cccc(S)c2Oc2ccccc2)cc1. The lowest BCUT2D eigenvalue weighted by Gasteiger charge is -2.33. The van der Waals surface area contributed by atoms with E-state index in [4.69, 9.17) is 26.2 Å². The third-order valence-corrected chi connectivity index (χ3v) is 10.6. The number of rotatable bonds is 12. The van der Waals surface area contributed by atoms with Crippen LogP contribution < -0.4 is 15.1 Å². The summed E-state index contributed by atoms with van der Waals surface area (Å²) in [7, 11) is -3.27. The zero-order valence-corrected chi connectivity index (χ0v) is 24.6. The molecule has 0 aliphatic rings. The van der Waals surface area contributed by atoms with E-state index in [2.05, 4.69) is 73.7 Å². The minimum absolute atomic E-state index is 0.511. The summed E-state index contributed by atoms with van der Waals surface area (Å²) in [5.41, 5.74) is 3.70. The Morgan fingerprint density at radius 2 is 1.12 bits per heavy atom. The molecule has 0 saturated heterocycles. The monoisotopic (exact) mass is 562 g/mol. The van der Waals surface area contributed by atoms with Gasteiger partial charge in [0.2, 0.25) is 0 Å². The molecule has 0 aliphatic heterocycles. The van der Waals surface area contributed by atoms with E-state index in [-0.39, 0.29) is 0 Å². The van der Waals surface area contributed by atoms with Gasteiger partial charge in [-0.1, -0.05) is 121 Å². The topological polar surface area (TPSA) is 27.7 Å². The number of hydrogen-bond donors (Lipinski definition) is 1. The van der Waals surface area contributed by atoms with Crippen LogP contribution in [-0.4, -0.2) is 21.8 Å². The number of hydrogen-bond acceptors (Lipinski definition) is 4. The molecule has 5 rings (SSSR count). The molecule has 0 amide bonds. The summed E-state index contributed by atoms with van der Waals surface area (Å²) in [6, 6.07) is 45.2. The second kappa shape index (κ2) is 13.6. The molecule has 5 heteroatoms. The van der Waals surface area contributed by atoms with E-state index in [0.29, 0.717) is 19.0 Å². The van der Waals surface area contributed by atoms with Crippen LogP contribution in [0, 0.1) is 6.92 Å². The Bertz CT molecular complexity index is 1480. The summed E-state index contributed by atoms with van der Waals surface area (Å²) >= 11 is 4.83. The van der Waals surface area contributed by atoms with E-state index in [0.717, 1.165) is 33.9 Å². The van der Waals surface area contributed by atoms with Crippen molar-refractivity contribution in [2.45, 2.75) is 24.7 Å². The van der Waals surface area contributed by atoms with Crippen LogP contribution in [0.1, 0.15) is 16.7 Å². The third kappa shape index (κ3) is 6.93. The summed E-state index contributed by atoms with van der Waals surface area (Å²) in [5, 5.41) is 1.94. The van der Waals surface area contributed by atoms with Crippen molar-refractivity contribution in [1.29, 1.82) is 0 Å². The van der Waals surface area contributed by atoms with E-state index in [1.165, 1.54) is 16.7 Å². The van der Waals surface area contributed by atoms with Gasteiger partial charge in [-0.15, -0.1) is 12.6 Å². The lowest BCUT2D eigenvalue weighted by atomic mass is 10.1. The van der Waals surface area contributed by atoms with Gasteiger partial charge in [-0.05, 0) is 54.3 Å². The normalized spacial score (nSPS) is 12.6. The predicted octanol–water partition coefficient (Wildman–Crippen LogP) is 7.15. The molecule has 0 saturated carbocycles. The van der Waals surface area contributed by atoms with Gasteiger partial charge in [0.05, 0.1) is 0 Å². The number of aryl methyl sites for hydroxylation is 1. The van der Waals surface area contributed by atoms with Gasteiger partial charge >= 0.3 is 8.56 Å². The molecule has 3 nitrogen and oxygen atoms in total. The highest BCUT2D eigenvalue weighted by molar-refractivity contribution is 7.80. The van der Waals surface area contributed by atoms with Crippen LogP contribution in [0.4, 0.5) is 0 Å². The van der Waals surface area contributed by atoms with E-state index in [1.54, 1.807) is 0 Å². The Kier molecular flexibility index (Phi) is 9.53. The fraction of sp³-hybridized carbons (Fsp3) is 0.143. The minimum Gasteiger partial charge on any atom is -0.456 e. The van der Waals surface area contributed by atoms with Crippen LogP contribution in [0.15, 0.2) is 138 Å².